The van der Waals surface area contributed by atoms with Crippen molar-refractivity contribution in [3.8, 4) is 16.5 Å². The lowest BCUT2D eigenvalue weighted by atomic mass is 10.3. The highest BCUT2D eigenvalue weighted by Gasteiger charge is 2.26. The highest BCUT2D eigenvalue weighted by atomic mass is 32.2. The summed E-state index contributed by atoms with van der Waals surface area (Å²) in [6.45, 7) is 0. The molecule has 0 amide bonds. The van der Waals surface area contributed by atoms with Crippen LogP contribution in [0.15, 0.2) is 45.1 Å². The van der Waals surface area contributed by atoms with Crippen molar-refractivity contribution in [2.75, 3.05) is 11.5 Å². The first kappa shape index (κ1) is 12.7. The van der Waals surface area contributed by atoms with Crippen molar-refractivity contribution in [3.05, 3.63) is 41.5 Å². The van der Waals surface area contributed by atoms with E-state index in [0.717, 1.165) is 21.3 Å². The fourth-order valence-electron chi connectivity index (χ4n) is 2.10. The molecule has 3 heterocycles. The van der Waals surface area contributed by atoms with E-state index in [1.807, 2.05) is 35.7 Å². The number of benzene rings is 1. The molecule has 0 aliphatic carbocycles. The maximum absolute atomic E-state index is 5.95. The highest BCUT2D eigenvalue weighted by Crippen LogP contribution is 2.40. The van der Waals surface area contributed by atoms with Gasteiger partial charge in [0.15, 0.2) is 6.10 Å². The lowest BCUT2D eigenvalue weighted by Crippen LogP contribution is -2.16. The van der Waals surface area contributed by atoms with Crippen LogP contribution in [0.3, 0.4) is 0 Å². The third kappa shape index (κ3) is 2.28. The van der Waals surface area contributed by atoms with Gasteiger partial charge in [-0.2, -0.15) is 4.98 Å². The molecule has 2 N–H and O–H groups in total. The monoisotopic (exact) mass is 317 g/mol. The number of nitrogens with two attached hydrogens (primary N) is 1. The summed E-state index contributed by atoms with van der Waals surface area (Å²) in [7, 11) is 0. The Labute approximate surface area is 129 Å². The van der Waals surface area contributed by atoms with Gasteiger partial charge in [-0.05, 0) is 23.6 Å². The summed E-state index contributed by atoms with van der Waals surface area (Å²) in [4.78, 5) is 6.37. The number of anilines is 1. The predicted octanol–water partition coefficient (Wildman–Crippen LogP) is 3.61. The third-order valence-electron chi connectivity index (χ3n) is 3.13. The lowest BCUT2D eigenvalue weighted by Gasteiger charge is -2.22. The lowest BCUT2D eigenvalue weighted by molar-refractivity contribution is 0.205. The standard InChI is InChI=1S/C14H11N3O2S2/c15-8-5-6-20-12(8)14-16-13(17-19-14)10-7-21-11-4-2-1-3-9(11)18-10/h1-6,10H,7,15H2. The molecule has 2 aromatic heterocycles. The maximum Gasteiger partial charge on any atom is 0.270 e. The molecule has 1 unspecified atom stereocenters. The van der Waals surface area contributed by atoms with Crippen LogP contribution in [0.1, 0.15) is 11.9 Å². The number of aromatic nitrogens is 2. The van der Waals surface area contributed by atoms with Gasteiger partial charge in [0.1, 0.15) is 10.6 Å². The second-order valence-electron chi connectivity index (χ2n) is 4.53. The van der Waals surface area contributed by atoms with Crippen molar-refractivity contribution in [1.29, 1.82) is 0 Å². The number of thioether (sulfide) groups is 1. The van der Waals surface area contributed by atoms with Gasteiger partial charge in [0.05, 0.1) is 5.69 Å². The molecule has 4 rings (SSSR count). The molecule has 5 nitrogen and oxygen atoms in total. The van der Waals surface area contributed by atoms with E-state index in [1.54, 1.807) is 11.8 Å². The molecule has 0 bridgehead atoms. The van der Waals surface area contributed by atoms with Crippen LogP contribution in [0.5, 0.6) is 5.75 Å². The number of hydrogen-bond donors (Lipinski definition) is 1. The van der Waals surface area contributed by atoms with E-state index in [1.165, 1.54) is 11.3 Å². The average molecular weight is 317 g/mol. The zero-order chi connectivity index (χ0) is 14.2. The van der Waals surface area contributed by atoms with Crippen LogP contribution in [0.4, 0.5) is 5.69 Å². The molecule has 0 radical (unpaired) electrons. The Bertz CT molecular complexity index is 784. The molecule has 1 atom stereocenters. The SMILES string of the molecule is Nc1ccsc1-c1nc(C2CSc3ccccc3O2)no1. The van der Waals surface area contributed by atoms with Crippen LogP contribution in [-0.4, -0.2) is 15.9 Å². The summed E-state index contributed by atoms with van der Waals surface area (Å²) < 4.78 is 11.3. The Hall–Kier alpha value is -1.99. The normalized spacial score (nSPS) is 17.2. The van der Waals surface area contributed by atoms with Crippen LogP contribution in [0.25, 0.3) is 10.8 Å². The van der Waals surface area contributed by atoms with Crippen molar-refractivity contribution in [3.63, 3.8) is 0 Å². The van der Waals surface area contributed by atoms with E-state index in [0.29, 0.717) is 17.4 Å². The minimum Gasteiger partial charge on any atom is -0.480 e. The van der Waals surface area contributed by atoms with Gasteiger partial charge in [0.2, 0.25) is 5.82 Å². The molecule has 0 spiro atoms. The Morgan fingerprint density at radius 3 is 3.00 bits per heavy atom. The summed E-state index contributed by atoms with van der Waals surface area (Å²) in [5.41, 5.74) is 6.52. The number of thiophene rings is 1. The third-order valence-corrected chi connectivity index (χ3v) is 5.16. The van der Waals surface area contributed by atoms with Crippen molar-refractivity contribution >= 4 is 28.8 Å². The van der Waals surface area contributed by atoms with Crippen LogP contribution in [-0.2, 0) is 0 Å². The quantitative estimate of drug-likeness (QED) is 0.778. The highest BCUT2D eigenvalue weighted by molar-refractivity contribution is 7.99. The smallest absolute Gasteiger partial charge is 0.270 e. The number of nitrogens with zero attached hydrogens (tertiary/aromatic N) is 2. The zero-order valence-corrected chi connectivity index (χ0v) is 12.5. The number of para-hydroxylation sites is 1. The minimum atomic E-state index is -0.205. The number of hydrogen-bond acceptors (Lipinski definition) is 7. The molecule has 0 saturated heterocycles. The molecular weight excluding hydrogens is 306 g/mol. The maximum atomic E-state index is 5.95. The van der Waals surface area contributed by atoms with E-state index in [9.17, 15) is 0 Å². The van der Waals surface area contributed by atoms with Gasteiger partial charge in [-0.1, -0.05) is 17.3 Å². The first-order chi connectivity index (χ1) is 10.3. The van der Waals surface area contributed by atoms with Crippen LogP contribution in [0, 0.1) is 0 Å². The van der Waals surface area contributed by atoms with Gasteiger partial charge in [-0.3, -0.25) is 0 Å². The molecule has 7 heteroatoms. The fourth-order valence-corrected chi connectivity index (χ4v) is 3.82. The van der Waals surface area contributed by atoms with E-state index >= 15 is 0 Å². The number of rotatable bonds is 2. The van der Waals surface area contributed by atoms with Gasteiger partial charge in [-0.15, -0.1) is 23.1 Å². The van der Waals surface area contributed by atoms with Crippen molar-refractivity contribution in [1.82, 2.24) is 10.1 Å². The fraction of sp³-hybridized carbons (Fsp3) is 0.143. The molecule has 106 valence electrons. The second kappa shape index (κ2) is 5.09. The summed E-state index contributed by atoms with van der Waals surface area (Å²) in [5, 5.41) is 5.94. The minimum absolute atomic E-state index is 0.205. The van der Waals surface area contributed by atoms with Gasteiger partial charge in [0, 0.05) is 10.6 Å². The Morgan fingerprint density at radius 1 is 1.24 bits per heavy atom. The molecule has 0 saturated carbocycles. The zero-order valence-electron chi connectivity index (χ0n) is 10.9. The van der Waals surface area contributed by atoms with E-state index in [-0.39, 0.29) is 6.10 Å². The van der Waals surface area contributed by atoms with Crippen LogP contribution >= 0.6 is 23.1 Å². The summed E-state index contributed by atoms with van der Waals surface area (Å²) in [6, 6.07) is 9.78. The number of ether oxygens (including phenoxy) is 1. The molecule has 0 fully saturated rings. The number of fused-ring (bicyclic) bond motifs is 1. The van der Waals surface area contributed by atoms with Crippen molar-refractivity contribution in [2.24, 2.45) is 0 Å². The largest absolute Gasteiger partial charge is 0.480 e. The Kier molecular flexibility index (Phi) is 3.08. The Balaban J connectivity index is 1.61. The number of nitrogen functional groups attached to an aromatic ring is 1. The first-order valence-electron chi connectivity index (χ1n) is 6.36. The van der Waals surface area contributed by atoms with Gasteiger partial charge < -0.3 is 15.0 Å². The van der Waals surface area contributed by atoms with E-state index < -0.39 is 0 Å². The predicted molar refractivity (Wildman–Crippen MR) is 82.6 cm³/mol. The van der Waals surface area contributed by atoms with E-state index in [4.69, 9.17) is 15.0 Å². The summed E-state index contributed by atoms with van der Waals surface area (Å²) >= 11 is 3.22. The van der Waals surface area contributed by atoms with Crippen molar-refractivity contribution < 1.29 is 9.26 Å². The molecule has 3 aromatic rings. The van der Waals surface area contributed by atoms with E-state index in [2.05, 4.69) is 10.1 Å². The molecule has 1 aliphatic rings. The first-order valence-corrected chi connectivity index (χ1v) is 8.23. The second-order valence-corrected chi connectivity index (χ2v) is 6.50. The molecule has 21 heavy (non-hydrogen) atoms. The van der Waals surface area contributed by atoms with Crippen molar-refractivity contribution in [2.45, 2.75) is 11.0 Å². The van der Waals surface area contributed by atoms with Gasteiger partial charge in [-0.25, -0.2) is 0 Å². The average Bonchev–Trinajstić information content (AvgIpc) is 3.15. The molecule has 1 aliphatic heterocycles. The molecule has 1 aromatic carbocycles. The van der Waals surface area contributed by atoms with Gasteiger partial charge in [0.25, 0.3) is 5.89 Å². The Morgan fingerprint density at radius 2 is 2.14 bits per heavy atom. The van der Waals surface area contributed by atoms with Gasteiger partial charge >= 0.3 is 0 Å². The summed E-state index contributed by atoms with van der Waals surface area (Å²) in [5.74, 6) is 2.63. The topological polar surface area (TPSA) is 74.2 Å². The molecular formula is C14H11N3O2S2. The summed E-state index contributed by atoms with van der Waals surface area (Å²) in [6.07, 6.45) is -0.205. The van der Waals surface area contributed by atoms with Crippen LogP contribution < -0.4 is 10.5 Å². The van der Waals surface area contributed by atoms with Crippen LogP contribution in [0.2, 0.25) is 0 Å².